The van der Waals surface area contributed by atoms with E-state index in [0.29, 0.717) is 12.5 Å². The molecule has 0 aliphatic heterocycles. The molecular formula is C16H24N2O. The maximum absolute atomic E-state index is 12.3. The molecule has 1 saturated carbocycles. The Labute approximate surface area is 115 Å². The number of benzene rings is 1. The van der Waals surface area contributed by atoms with Gasteiger partial charge in [0, 0.05) is 18.2 Å². The summed E-state index contributed by atoms with van der Waals surface area (Å²) in [6.45, 7) is 5.71. The first kappa shape index (κ1) is 14.1. The van der Waals surface area contributed by atoms with Crippen LogP contribution < -0.4 is 10.6 Å². The molecule has 0 unspecified atom stereocenters. The molecule has 0 radical (unpaired) electrons. The summed E-state index contributed by atoms with van der Waals surface area (Å²) in [5.41, 5.74) is 7.89. The van der Waals surface area contributed by atoms with E-state index in [2.05, 4.69) is 38.1 Å². The van der Waals surface area contributed by atoms with Crippen LogP contribution in [0.5, 0.6) is 0 Å². The molecule has 3 nitrogen and oxygen atoms in total. The molecule has 1 aliphatic rings. The molecule has 3 heteroatoms. The van der Waals surface area contributed by atoms with E-state index in [-0.39, 0.29) is 11.8 Å². The zero-order chi connectivity index (χ0) is 13.8. The number of hydrogen-bond donors (Lipinski definition) is 1. The summed E-state index contributed by atoms with van der Waals surface area (Å²) in [5, 5.41) is 0. The third-order valence-electron chi connectivity index (χ3n) is 3.65. The molecule has 1 aromatic rings. The fraction of sp³-hybridized carbons (Fsp3) is 0.562. The summed E-state index contributed by atoms with van der Waals surface area (Å²) < 4.78 is 0. The van der Waals surface area contributed by atoms with Crippen molar-refractivity contribution in [1.29, 1.82) is 0 Å². The number of nitrogens with zero attached hydrogens (tertiary/aromatic N) is 1. The fourth-order valence-electron chi connectivity index (χ4n) is 2.21. The first-order valence-electron chi connectivity index (χ1n) is 7.25. The predicted molar refractivity (Wildman–Crippen MR) is 79.3 cm³/mol. The Hall–Kier alpha value is -1.35. The maximum Gasteiger partial charge on any atom is 0.230 e. The monoisotopic (exact) mass is 260 g/mol. The van der Waals surface area contributed by atoms with E-state index in [1.807, 2.05) is 4.90 Å². The molecule has 2 rings (SSSR count). The van der Waals surface area contributed by atoms with Crippen LogP contribution >= 0.6 is 0 Å². The van der Waals surface area contributed by atoms with Crippen molar-refractivity contribution in [1.82, 2.24) is 0 Å². The van der Waals surface area contributed by atoms with Gasteiger partial charge in [0.1, 0.15) is 0 Å². The molecule has 0 saturated heterocycles. The molecule has 0 aromatic heterocycles. The Morgan fingerprint density at radius 2 is 1.95 bits per heavy atom. The molecule has 0 spiro atoms. The van der Waals surface area contributed by atoms with Gasteiger partial charge in [-0.1, -0.05) is 26.0 Å². The van der Waals surface area contributed by atoms with Gasteiger partial charge in [0.15, 0.2) is 0 Å². The summed E-state index contributed by atoms with van der Waals surface area (Å²) in [5.74, 6) is 1.04. The van der Waals surface area contributed by atoms with Gasteiger partial charge < -0.3 is 10.6 Å². The summed E-state index contributed by atoms with van der Waals surface area (Å²) in [7, 11) is 0. The Morgan fingerprint density at radius 1 is 1.32 bits per heavy atom. The number of rotatable bonds is 6. The van der Waals surface area contributed by atoms with Crippen molar-refractivity contribution in [2.24, 2.45) is 11.7 Å². The lowest BCUT2D eigenvalue weighted by Crippen LogP contribution is -2.34. The van der Waals surface area contributed by atoms with Crippen molar-refractivity contribution in [2.75, 3.05) is 18.0 Å². The van der Waals surface area contributed by atoms with Gasteiger partial charge in [-0.15, -0.1) is 0 Å². The van der Waals surface area contributed by atoms with Gasteiger partial charge in [-0.2, -0.15) is 0 Å². The topological polar surface area (TPSA) is 46.3 Å². The van der Waals surface area contributed by atoms with Gasteiger partial charge in [0.05, 0.1) is 0 Å². The molecule has 2 N–H and O–H groups in total. The maximum atomic E-state index is 12.3. The quantitative estimate of drug-likeness (QED) is 0.855. The normalized spacial score (nSPS) is 14.7. The zero-order valence-electron chi connectivity index (χ0n) is 11.9. The van der Waals surface area contributed by atoms with Gasteiger partial charge >= 0.3 is 0 Å². The third-order valence-corrected chi connectivity index (χ3v) is 3.65. The Morgan fingerprint density at radius 3 is 2.42 bits per heavy atom. The van der Waals surface area contributed by atoms with Crippen LogP contribution in [0.4, 0.5) is 5.69 Å². The van der Waals surface area contributed by atoms with Crippen LogP contribution in [0.2, 0.25) is 0 Å². The van der Waals surface area contributed by atoms with E-state index in [1.54, 1.807) is 0 Å². The van der Waals surface area contributed by atoms with Crippen LogP contribution in [0.15, 0.2) is 24.3 Å². The van der Waals surface area contributed by atoms with E-state index in [0.717, 1.165) is 31.5 Å². The largest absolute Gasteiger partial charge is 0.330 e. The van der Waals surface area contributed by atoms with Crippen molar-refractivity contribution < 1.29 is 4.79 Å². The van der Waals surface area contributed by atoms with Crippen LogP contribution in [0.1, 0.15) is 44.6 Å². The molecular weight excluding hydrogens is 236 g/mol. The summed E-state index contributed by atoms with van der Waals surface area (Å²) in [6.07, 6.45) is 2.94. The number of anilines is 1. The van der Waals surface area contributed by atoms with Crippen LogP contribution in [-0.4, -0.2) is 19.0 Å². The second-order valence-electron chi connectivity index (χ2n) is 5.65. The zero-order valence-corrected chi connectivity index (χ0v) is 11.9. The van der Waals surface area contributed by atoms with Crippen LogP contribution in [-0.2, 0) is 4.79 Å². The van der Waals surface area contributed by atoms with E-state index in [1.165, 1.54) is 5.56 Å². The lowest BCUT2D eigenvalue weighted by molar-refractivity contribution is -0.119. The van der Waals surface area contributed by atoms with Crippen LogP contribution in [0.3, 0.4) is 0 Å². The number of hydrogen-bond acceptors (Lipinski definition) is 2. The molecule has 0 atom stereocenters. The fourth-order valence-corrected chi connectivity index (χ4v) is 2.21. The Kier molecular flexibility index (Phi) is 4.59. The van der Waals surface area contributed by atoms with Gasteiger partial charge in [-0.05, 0) is 49.4 Å². The standard InChI is InChI=1S/C16H24N2O/c1-12(2)13-6-8-15(9-7-13)18(11-3-10-17)16(19)14-4-5-14/h6-9,12,14H,3-5,10-11,17H2,1-2H3. The average molecular weight is 260 g/mol. The lowest BCUT2D eigenvalue weighted by Gasteiger charge is -2.23. The number of nitrogens with two attached hydrogens (primary N) is 1. The van der Waals surface area contributed by atoms with Crippen molar-refractivity contribution in [3.8, 4) is 0 Å². The van der Waals surface area contributed by atoms with Gasteiger partial charge in [-0.25, -0.2) is 0 Å². The van der Waals surface area contributed by atoms with E-state index in [9.17, 15) is 4.79 Å². The smallest absolute Gasteiger partial charge is 0.230 e. The third kappa shape index (κ3) is 3.57. The molecule has 104 valence electrons. The van der Waals surface area contributed by atoms with Crippen LogP contribution in [0.25, 0.3) is 0 Å². The molecule has 19 heavy (non-hydrogen) atoms. The highest BCUT2D eigenvalue weighted by Crippen LogP contribution is 2.33. The van der Waals surface area contributed by atoms with E-state index < -0.39 is 0 Å². The van der Waals surface area contributed by atoms with Crippen molar-refractivity contribution in [3.05, 3.63) is 29.8 Å². The van der Waals surface area contributed by atoms with Crippen molar-refractivity contribution >= 4 is 11.6 Å². The predicted octanol–water partition coefficient (Wildman–Crippen LogP) is 2.90. The first-order chi connectivity index (χ1) is 9.13. The van der Waals surface area contributed by atoms with Gasteiger partial charge in [-0.3, -0.25) is 4.79 Å². The van der Waals surface area contributed by atoms with Crippen molar-refractivity contribution in [3.63, 3.8) is 0 Å². The molecule has 1 fully saturated rings. The SMILES string of the molecule is CC(C)c1ccc(N(CCCN)C(=O)C2CC2)cc1. The summed E-state index contributed by atoms with van der Waals surface area (Å²) in [4.78, 5) is 14.2. The minimum atomic E-state index is 0.252. The lowest BCUT2D eigenvalue weighted by atomic mass is 10.0. The van der Waals surface area contributed by atoms with Gasteiger partial charge in [0.2, 0.25) is 5.91 Å². The highest BCUT2D eigenvalue weighted by atomic mass is 16.2. The molecule has 1 amide bonds. The Bertz CT molecular complexity index is 421. The minimum absolute atomic E-state index is 0.252. The number of carbonyl (C=O) groups excluding carboxylic acids is 1. The molecule has 0 heterocycles. The number of amides is 1. The second kappa shape index (κ2) is 6.20. The summed E-state index contributed by atoms with van der Waals surface area (Å²) >= 11 is 0. The first-order valence-corrected chi connectivity index (χ1v) is 7.25. The number of carbonyl (C=O) groups is 1. The molecule has 0 bridgehead atoms. The summed E-state index contributed by atoms with van der Waals surface area (Å²) in [6, 6.07) is 8.36. The highest BCUT2D eigenvalue weighted by molar-refractivity contribution is 5.96. The van der Waals surface area contributed by atoms with Crippen LogP contribution in [0, 0.1) is 5.92 Å². The minimum Gasteiger partial charge on any atom is -0.330 e. The second-order valence-corrected chi connectivity index (χ2v) is 5.65. The average Bonchev–Trinajstić information content (AvgIpc) is 3.23. The Balaban J connectivity index is 2.14. The highest BCUT2D eigenvalue weighted by Gasteiger charge is 2.33. The van der Waals surface area contributed by atoms with E-state index in [4.69, 9.17) is 5.73 Å². The molecule has 1 aliphatic carbocycles. The van der Waals surface area contributed by atoms with Gasteiger partial charge in [0.25, 0.3) is 0 Å². The molecule has 1 aromatic carbocycles. The van der Waals surface area contributed by atoms with E-state index >= 15 is 0 Å². The van der Waals surface area contributed by atoms with Crippen molar-refractivity contribution in [2.45, 2.75) is 39.0 Å².